The van der Waals surface area contributed by atoms with Crippen LogP contribution >= 0.6 is 0 Å². The fraction of sp³-hybridized carbons (Fsp3) is 0.542. The molecular weight excluding hydrogens is 422 g/mol. The van der Waals surface area contributed by atoms with Crippen LogP contribution in [0.5, 0.6) is 0 Å². The molecule has 7 nitrogen and oxygen atoms in total. The predicted octanol–water partition coefficient (Wildman–Crippen LogP) is 4.36. The van der Waals surface area contributed by atoms with Crippen LogP contribution in [0.3, 0.4) is 0 Å². The molecule has 1 amide bonds. The molecule has 1 atom stereocenters. The lowest BCUT2D eigenvalue weighted by Gasteiger charge is -2.29. The minimum absolute atomic E-state index is 0.255. The molecule has 0 saturated heterocycles. The number of aromatic amines is 1. The number of aromatic nitrogens is 1. The zero-order chi connectivity index (χ0) is 24.1. The van der Waals surface area contributed by atoms with Gasteiger partial charge in [0.05, 0.1) is 18.7 Å². The van der Waals surface area contributed by atoms with Crippen LogP contribution in [0.25, 0.3) is 10.9 Å². The number of H-pyrrole nitrogens is 1. The highest BCUT2D eigenvalue weighted by Crippen LogP contribution is 2.28. The molecule has 0 aliphatic rings. The van der Waals surface area contributed by atoms with Crippen molar-refractivity contribution in [3.8, 4) is 6.07 Å². The summed E-state index contributed by atoms with van der Waals surface area (Å²) in [5.74, 6) is -0.538. The summed E-state index contributed by atoms with van der Waals surface area (Å²) in [4.78, 5) is 28.7. The molecule has 0 saturated carbocycles. The number of nitriles is 1. The first-order chi connectivity index (χ1) is 15.0. The van der Waals surface area contributed by atoms with E-state index in [9.17, 15) is 14.9 Å². The minimum atomic E-state index is -1.87. The molecule has 0 spiro atoms. The van der Waals surface area contributed by atoms with Gasteiger partial charge in [-0.25, -0.2) is 9.59 Å². The maximum Gasteiger partial charge on any atom is 0.408 e. The summed E-state index contributed by atoms with van der Waals surface area (Å²) in [6, 6.07) is 9.99. The van der Waals surface area contributed by atoms with Gasteiger partial charge in [-0.15, -0.1) is 0 Å². The van der Waals surface area contributed by atoms with Gasteiger partial charge in [-0.2, -0.15) is 5.26 Å². The number of fused-ring (bicyclic) bond motifs is 1. The monoisotopic (exact) mass is 457 g/mol. The van der Waals surface area contributed by atoms with E-state index in [0.717, 1.165) is 34.6 Å². The maximum atomic E-state index is 12.6. The number of carbonyl (C=O) groups is 2. The lowest BCUT2D eigenvalue weighted by molar-refractivity contribution is -0.143. The number of methoxy groups -OCH3 is 1. The van der Waals surface area contributed by atoms with Crippen molar-refractivity contribution < 1.29 is 19.1 Å². The average Bonchev–Trinajstić information content (AvgIpc) is 3.11. The van der Waals surface area contributed by atoms with E-state index >= 15 is 0 Å². The van der Waals surface area contributed by atoms with Gasteiger partial charge in [-0.1, -0.05) is 38.9 Å². The maximum absolute atomic E-state index is 12.6. The van der Waals surface area contributed by atoms with Gasteiger partial charge in [-0.05, 0) is 44.5 Å². The van der Waals surface area contributed by atoms with Crippen LogP contribution in [0.2, 0.25) is 18.1 Å². The van der Waals surface area contributed by atoms with Crippen LogP contribution in [0.15, 0.2) is 18.2 Å². The number of benzene rings is 1. The molecule has 2 N–H and O–H groups in total. The SMILES string of the molecule is CC[Si](CC)(CC)c1[nH]c2ccc(C#N)cc2c1C[C@H](NC(=O)OC(C)(C)C)C(=O)OC. The van der Waals surface area contributed by atoms with E-state index in [2.05, 4.69) is 37.1 Å². The van der Waals surface area contributed by atoms with Crippen LogP contribution in [-0.2, 0) is 20.7 Å². The lowest BCUT2D eigenvalue weighted by atomic mass is 10.0. The van der Waals surface area contributed by atoms with Gasteiger partial charge in [0.1, 0.15) is 19.7 Å². The predicted molar refractivity (Wildman–Crippen MR) is 129 cm³/mol. The number of hydrogen-bond acceptors (Lipinski definition) is 5. The highest BCUT2D eigenvalue weighted by atomic mass is 28.3. The number of hydrogen-bond donors (Lipinski definition) is 2. The molecule has 2 rings (SSSR count). The van der Waals surface area contributed by atoms with Crippen molar-refractivity contribution in [1.82, 2.24) is 10.3 Å². The number of carbonyl (C=O) groups excluding carboxylic acids is 2. The van der Waals surface area contributed by atoms with Crippen LogP contribution in [0.4, 0.5) is 4.79 Å². The van der Waals surface area contributed by atoms with Crippen LogP contribution in [0, 0.1) is 11.3 Å². The van der Waals surface area contributed by atoms with E-state index in [1.807, 2.05) is 12.1 Å². The van der Waals surface area contributed by atoms with E-state index in [4.69, 9.17) is 9.47 Å². The quantitative estimate of drug-likeness (QED) is 0.453. The molecule has 8 heteroatoms. The van der Waals surface area contributed by atoms with Gasteiger partial charge >= 0.3 is 12.1 Å². The fourth-order valence-electron chi connectivity index (χ4n) is 4.25. The Morgan fingerprint density at radius 1 is 1.19 bits per heavy atom. The molecule has 0 aliphatic heterocycles. The molecule has 0 fully saturated rings. The van der Waals surface area contributed by atoms with Gasteiger partial charge in [-0.3, -0.25) is 0 Å². The zero-order valence-corrected chi connectivity index (χ0v) is 21.2. The number of esters is 1. The molecule has 174 valence electrons. The summed E-state index contributed by atoms with van der Waals surface area (Å²) in [5, 5.41) is 14.2. The van der Waals surface area contributed by atoms with E-state index in [-0.39, 0.29) is 6.42 Å². The third kappa shape index (κ3) is 5.52. The normalized spacial score (nSPS) is 12.8. The second kappa shape index (κ2) is 10.2. The fourth-order valence-corrected chi connectivity index (χ4v) is 8.09. The minimum Gasteiger partial charge on any atom is -0.467 e. The van der Waals surface area contributed by atoms with Crippen LogP contribution < -0.4 is 10.6 Å². The Morgan fingerprint density at radius 3 is 2.31 bits per heavy atom. The summed E-state index contributed by atoms with van der Waals surface area (Å²) in [6.07, 6.45) is -0.415. The molecule has 1 aromatic heterocycles. The van der Waals surface area contributed by atoms with Gasteiger partial charge in [0.2, 0.25) is 0 Å². The number of nitrogens with zero attached hydrogens (tertiary/aromatic N) is 1. The van der Waals surface area contributed by atoms with E-state index in [1.54, 1.807) is 26.8 Å². The molecular formula is C24H35N3O4Si. The van der Waals surface area contributed by atoms with Crippen molar-refractivity contribution >= 4 is 36.4 Å². The Morgan fingerprint density at radius 2 is 1.81 bits per heavy atom. The highest BCUT2D eigenvalue weighted by molar-refractivity contribution is 6.91. The smallest absolute Gasteiger partial charge is 0.408 e. The Bertz CT molecular complexity index is 1000. The van der Waals surface area contributed by atoms with Crippen molar-refractivity contribution in [2.75, 3.05) is 7.11 Å². The van der Waals surface area contributed by atoms with Gasteiger partial charge < -0.3 is 19.8 Å². The van der Waals surface area contributed by atoms with E-state index in [1.165, 1.54) is 12.4 Å². The molecule has 1 aromatic carbocycles. The van der Waals surface area contributed by atoms with Crippen molar-refractivity contribution in [2.24, 2.45) is 0 Å². The largest absolute Gasteiger partial charge is 0.467 e. The second-order valence-electron chi connectivity index (χ2n) is 9.12. The first-order valence-corrected chi connectivity index (χ1v) is 13.8. The van der Waals surface area contributed by atoms with Crippen molar-refractivity contribution in [3.05, 3.63) is 29.3 Å². The van der Waals surface area contributed by atoms with Crippen molar-refractivity contribution in [3.63, 3.8) is 0 Å². The molecule has 0 radical (unpaired) electrons. The Hall–Kier alpha value is -2.79. The Labute approximate surface area is 191 Å². The van der Waals surface area contributed by atoms with Crippen LogP contribution in [-0.4, -0.2) is 43.9 Å². The summed E-state index contributed by atoms with van der Waals surface area (Å²) >= 11 is 0. The van der Waals surface area contributed by atoms with Gasteiger partial charge in [0, 0.05) is 22.6 Å². The van der Waals surface area contributed by atoms with E-state index < -0.39 is 31.8 Å². The molecule has 0 unspecified atom stereocenters. The summed E-state index contributed by atoms with van der Waals surface area (Å²) in [5.41, 5.74) is 1.77. The zero-order valence-electron chi connectivity index (χ0n) is 20.2. The third-order valence-corrected chi connectivity index (χ3v) is 11.7. The topological polar surface area (TPSA) is 104 Å². The molecule has 2 aromatic rings. The average molecular weight is 458 g/mol. The lowest BCUT2D eigenvalue weighted by Crippen LogP contribution is -2.50. The number of amides is 1. The molecule has 0 bridgehead atoms. The van der Waals surface area contributed by atoms with Gasteiger partial charge in [0.25, 0.3) is 0 Å². The molecule has 32 heavy (non-hydrogen) atoms. The first kappa shape index (κ1) is 25.5. The van der Waals surface area contributed by atoms with Crippen molar-refractivity contribution in [1.29, 1.82) is 5.26 Å². The van der Waals surface area contributed by atoms with E-state index in [0.29, 0.717) is 5.56 Å². The summed E-state index contributed by atoms with van der Waals surface area (Å²) < 4.78 is 10.4. The Balaban J connectivity index is 2.62. The second-order valence-corrected chi connectivity index (χ2v) is 14.3. The standard InChI is InChI=1S/C24H35N3O4Si/c1-8-32(9-2,10-3)21-18(17-13-16(15-25)11-12-19(17)26-21)14-20(22(28)30-7)27-23(29)31-24(4,5)6/h11-13,20,26H,8-10,14H2,1-7H3,(H,27,29)/t20-/m0/s1. The Kier molecular flexibility index (Phi) is 8.13. The number of nitrogens with one attached hydrogen (secondary N) is 2. The summed E-state index contributed by atoms with van der Waals surface area (Å²) in [7, 11) is -0.568. The van der Waals surface area contributed by atoms with Crippen molar-refractivity contribution in [2.45, 2.75) is 77.7 Å². The van der Waals surface area contributed by atoms with Crippen LogP contribution in [0.1, 0.15) is 52.7 Å². The first-order valence-electron chi connectivity index (χ1n) is 11.2. The highest BCUT2D eigenvalue weighted by Gasteiger charge is 2.36. The third-order valence-electron chi connectivity index (χ3n) is 6.18. The number of ether oxygens (including phenoxy) is 2. The van der Waals surface area contributed by atoms with Gasteiger partial charge in [0.15, 0.2) is 0 Å². The number of alkyl carbamates (subject to hydrolysis) is 1. The number of rotatable bonds is 8. The molecule has 1 heterocycles. The summed E-state index contributed by atoms with van der Waals surface area (Å²) in [6.45, 7) is 11.9. The molecule has 0 aliphatic carbocycles.